The topological polar surface area (TPSA) is 20.3 Å². The lowest BCUT2D eigenvalue weighted by Gasteiger charge is -2.29. The summed E-state index contributed by atoms with van der Waals surface area (Å²) < 4.78 is 13.9. The third-order valence-corrected chi connectivity index (χ3v) is 2.60. The standard InChI is InChI=1S/C14H18FNO/c1-5-9-16(10(2)3)14-12(11(4)17)7-6-8-13(14)15/h5-8,10H,1,9H2,2-4H3. The van der Waals surface area contributed by atoms with Gasteiger partial charge in [-0.1, -0.05) is 12.1 Å². The monoisotopic (exact) mass is 235 g/mol. The molecule has 0 heterocycles. The Hall–Kier alpha value is -1.64. The number of Topliss-reactive ketones (excluding diaryl/α,β-unsaturated/α-hetero) is 1. The summed E-state index contributed by atoms with van der Waals surface area (Å²) in [6.07, 6.45) is 1.70. The Bertz CT molecular complexity index is 426. The third-order valence-electron chi connectivity index (χ3n) is 2.60. The number of nitrogens with zero attached hydrogens (tertiary/aromatic N) is 1. The van der Waals surface area contributed by atoms with Gasteiger partial charge in [-0.2, -0.15) is 0 Å². The van der Waals surface area contributed by atoms with Crippen LogP contribution in [0.15, 0.2) is 30.9 Å². The van der Waals surface area contributed by atoms with Crippen LogP contribution in [0.3, 0.4) is 0 Å². The van der Waals surface area contributed by atoms with Crippen molar-refractivity contribution in [3.63, 3.8) is 0 Å². The third kappa shape index (κ3) is 2.93. The largest absolute Gasteiger partial charge is 0.362 e. The summed E-state index contributed by atoms with van der Waals surface area (Å²) in [6, 6.07) is 4.68. The first kappa shape index (κ1) is 13.4. The van der Waals surface area contributed by atoms with E-state index in [0.29, 0.717) is 17.8 Å². The first-order chi connectivity index (χ1) is 7.99. The molecule has 0 aromatic heterocycles. The van der Waals surface area contributed by atoms with Crippen LogP contribution in [0.5, 0.6) is 0 Å². The van der Waals surface area contributed by atoms with Gasteiger partial charge < -0.3 is 4.90 Å². The van der Waals surface area contributed by atoms with Gasteiger partial charge in [0.25, 0.3) is 0 Å². The zero-order valence-corrected chi connectivity index (χ0v) is 10.5. The van der Waals surface area contributed by atoms with Gasteiger partial charge in [-0.3, -0.25) is 4.79 Å². The first-order valence-corrected chi connectivity index (χ1v) is 5.66. The maximum Gasteiger partial charge on any atom is 0.161 e. The van der Waals surface area contributed by atoms with Gasteiger partial charge in [0, 0.05) is 18.2 Å². The molecule has 0 bridgehead atoms. The molecule has 2 nitrogen and oxygen atoms in total. The quantitative estimate of drug-likeness (QED) is 0.575. The highest BCUT2D eigenvalue weighted by Gasteiger charge is 2.19. The Labute approximate surface area is 102 Å². The Morgan fingerprint density at radius 3 is 2.65 bits per heavy atom. The first-order valence-electron chi connectivity index (χ1n) is 5.66. The molecule has 1 aromatic carbocycles. The average Bonchev–Trinajstić information content (AvgIpc) is 2.25. The molecule has 17 heavy (non-hydrogen) atoms. The van der Waals surface area contributed by atoms with Crippen molar-refractivity contribution in [3.05, 3.63) is 42.2 Å². The molecule has 1 aromatic rings. The molecule has 1 rings (SSSR count). The van der Waals surface area contributed by atoms with E-state index in [9.17, 15) is 9.18 Å². The van der Waals surface area contributed by atoms with E-state index in [1.807, 2.05) is 18.7 Å². The zero-order chi connectivity index (χ0) is 13.0. The van der Waals surface area contributed by atoms with Crippen LogP contribution in [0.25, 0.3) is 0 Å². The Balaban J connectivity index is 3.34. The molecule has 0 saturated carbocycles. The molecule has 3 heteroatoms. The Kier molecular flexibility index (Phi) is 4.44. The van der Waals surface area contributed by atoms with Crippen LogP contribution in [0.2, 0.25) is 0 Å². The van der Waals surface area contributed by atoms with Gasteiger partial charge in [-0.15, -0.1) is 6.58 Å². The molecule has 92 valence electrons. The maximum absolute atomic E-state index is 13.9. The normalized spacial score (nSPS) is 10.4. The molecule has 0 aliphatic rings. The van der Waals surface area contributed by atoms with Gasteiger partial charge in [0.1, 0.15) is 5.82 Å². The summed E-state index contributed by atoms with van der Waals surface area (Å²) in [5.74, 6) is -0.498. The summed E-state index contributed by atoms with van der Waals surface area (Å²) in [4.78, 5) is 13.4. The van der Waals surface area contributed by atoms with Crippen molar-refractivity contribution in [2.24, 2.45) is 0 Å². The number of hydrogen-bond donors (Lipinski definition) is 0. The fraction of sp³-hybridized carbons (Fsp3) is 0.357. The SMILES string of the molecule is C=CCN(c1c(F)cccc1C(C)=O)C(C)C. The van der Waals surface area contributed by atoms with Crippen LogP contribution in [0.4, 0.5) is 10.1 Å². The molecule has 0 spiro atoms. The predicted octanol–water partition coefficient (Wildman–Crippen LogP) is 3.43. The van der Waals surface area contributed by atoms with E-state index in [1.165, 1.54) is 13.0 Å². The van der Waals surface area contributed by atoms with Crippen LogP contribution >= 0.6 is 0 Å². The van der Waals surface area contributed by atoms with Crippen LogP contribution in [0, 0.1) is 5.82 Å². The summed E-state index contributed by atoms with van der Waals surface area (Å²) >= 11 is 0. The van der Waals surface area contributed by atoms with Gasteiger partial charge in [0.05, 0.1) is 5.69 Å². The minimum absolute atomic E-state index is 0.1000. The summed E-state index contributed by atoms with van der Waals surface area (Å²) in [7, 11) is 0. The Morgan fingerprint density at radius 2 is 2.18 bits per heavy atom. The highest BCUT2D eigenvalue weighted by molar-refractivity contribution is 5.99. The molecule has 0 N–H and O–H groups in total. The second-order valence-electron chi connectivity index (χ2n) is 4.23. The predicted molar refractivity (Wildman–Crippen MR) is 69.1 cm³/mol. The van der Waals surface area contributed by atoms with Crippen LogP contribution in [0.1, 0.15) is 31.1 Å². The number of benzene rings is 1. The molecule has 0 aliphatic heterocycles. The lowest BCUT2D eigenvalue weighted by molar-refractivity contribution is 0.101. The highest BCUT2D eigenvalue weighted by Crippen LogP contribution is 2.26. The number of halogens is 1. The van der Waals surface area contributed by atoms with E-state index in [2.05, 4.69) is 6.58 Å². The van der Waals surface area contributed by atoms with Crippen molar-refractivity contribution in [1.82, 2.24) is 0 Å². The van der Waals surface area contributed by atoms with Crippen molar-refractivity contribution < 1.29 is 9.18 Å². The number of rotatable bonds is 5. The lowest BCUT2D eigenvalue weighted by atomic mass is 10.1. The number of hydrogen-bond acceptors (Lipinski definition) is 2. The van der Waals surface area contributed by atoms with E-state index >= 15 is 0 Å². The van der Waals surface area contributed by atoms with Crippen molar-refractivity contribution in [3.8, 4) is 0 Å². The molecule has 0 amide bonds. The van der Waals surface area contributed by atoms with E-state index in [1.54, 1.807) is 18.2 Å². The van der Waals surface area contributed by atoms with E-state index in [-0.39, 0.29) is 17.6 Å². The summed E-state index contributed by atoms with van der Waals surface area (Å²) in [5.41, 5.74) is 0.787. The van der Waals surface area contributed by atoms with Crippen LogP contribution in [-0.4, -0.2) is 18.4 Å². The van der Waals surface area contributed by atoms with Gasteiger partial charge in [-0.05, 0) is 32.9 Å². The number of ketones is 1. The molecular weight excluding hydrogens is 217 g/mol. The van der Waals surface area contributed by atoms with Crippen molar-refractivity contribution in [1.29, 1.82) is 0 Å². The van der Waals surface area contributed by atoms with Crippen molar-refractivity contribution in [2.75, 3.05) is 11.4 Å². The zero-order valence-electron chi connectivity index (χ0n) is 10.5. The smallest absolute Gasteiger partial charge is 0.161 e. The van der Waals surface area contributed by atoms with Crippen molar-refractivity contribution >= 4 is 11.5 Å². The fourth-order valence-electron chi connectivity index (χ4n) is 1.79. The van der Waals surface area contributed by atoms with Crippen LogP contribution in [-0.2, 0) is 0 Å². The molecule has 0 atom stereocenters. The molecular formula is C14H18FNO. The fourth-order valence-corrected chi connectivity index (χ4v) is 1.79. The Morgan fingerprint density at radius 1 is 1.53 bits per heavy atom. The van der Waals surface area contributed by atoms with E-state index in [0.717, 1.165) is 0 Å². The molecule has 0 unspecified atom stereocenters. The van der Waals surface area contributed by atoms with Gasteiger partial charge in [0.15, 0.2) is 5.78 Å². The van der Waals surface area contributed by atoms with E-state index in [4.69, 9.17) is 0 Å². The number of anilines is 1. The summed E-state index contributed by atoms with van der Waals surface area (Å²) in [6.45, 7) is 9.54. The van der Waals surface area contributed by atoms with Crippen molar-refractivity contribution in [2.45, 2.75) is 26.8 Å². The molecule has 0 radical (unpaired) electrons. The maximum atomic E-state index is 13.9. The minimum atomic E-state index is -0.367. The number of carbonyl (C=O) groups excluding carboxylic acids is 1. The minimum Gasteiger partial charge on any atom is -0.362 e. The van der Waals surface area contributed by atoms with E-state index < -0.39 is 0 Å². The summed E-state index contributed by atoms with van der Waals surface area (Å²) in [5, 5.41) is 0. The number of para-hydroxylation sites is 1. The molecule has 0 saturated heterocycles. The molecule has 0 aliphatic carbocycles. The average molecular weight is 235 g/mol. The van der Waals surface area contributed by atoms with Gasteiger partial charge in [-0.25, -0.2) is 4.39 Å². The van der Waals surface area contributed by atoms with Gasteiger partial charge in [0.2, 0.25) is 0 Å². The number of carbonyl (C=O) groups is 1. The second kappa shape index (κ2) is 5.62. The second-order valence-corrected chi connectivity index (χ2v) is 4.23. The molecule has 0 fully saturated rings. The van der Waals surface area contributed by atoms with Gasteiger partial charge >= 0.3 is 0 Å². The lowest BCUT2D eigenvalue weighted by Crippen LogP contribution is -2.32. The highest BCUT2D eigenvalue weighted by atomic mass is 19.1. The van der Waals surface area contributed by atoms with Crippen LogP contribution < -0.4 is 4.90 Å².